The van der Waals surface area contributed by atoms with Crippen molar-refractivity contribution in [2.24, 2.45) is 17.8 Å². The zero-order chi connectivity index (χ0) is 17.5. The molecule has 2 rings (SSSR count). The van der Waals surface area contributed by atoms with Crippen LogP contribution in [0.2, 0.25) is 0 Å². The van der Waals surface area contributed by atoms with Crippen molar-refractivity contribution in [3.8, 4) is 0 Å². The summed E-state index contributed by atoms with van der Waals surface area (Å²) in [5.74, 6) is 2.19. The topological polar surface area (TPSA) is 16.1 Å². The molecule has 1 aromatic rings. The lowest BCUT2D eigenvalue weighted by Gasteiger charge is -2.40. The highest BCUT2D eigenvalue weighted by Crippen LogP contribution is 2.43. The van der Waals surface area contributed by atoms with Crippen LogP contribution in [0.15, 0.2) is 12.3 Å². The number of pyridine rings is 1. The molecule has 0 fully saturated rings. The second kappa shape index (κ2) is 6.67. The quantitative estimate of drug-likeness (QED) is 0.700. The van der Waals surface area contributed by atoms with Crippen LogP contribution < -0.4 is 4.90 Å². The van der Waals surface area contributed by atoms with Crippen molar-refractivity contribution in [1.82, 2.24) is 4.98 Å². The first-order valence-electron chi connectivity index (χ1n) is 9.11. The average Bonchev–Trinajstić information content (AvgIpc) is 2.48. The Morgan fingerprint density at radius 2 is 1.65 bits per heavy atom. The monoisotopic (exact) mass is 314 g/mol. The molecule has 1 aliphatic rings. The van der Waals surface area contributed by atoms with Gasteiger partial charge in [0.05, 0.1) is 11.4 Å². The molecule has 1 aromatic heterocycles. The third-order valence-corrected chi connectivity index (χ3v) is 5.79. The van der Waals surface area contributed by atoms with E-state index in [4.69, 9.17) is 4.98 Å². The summed E-state index contributed by atoms with van der Waals surface area (Å²) in [6.45, 7) is 18.4. The summed E-state index contributed by atoms with van der Waals surface area (Å²) in [6.07, 6.45) is 4.63. The van der Waals surface area contributed by atoms with E-state index in [-0.39, 0.29) is 0 Å². The first-order chi connectivity index (χ1) is 10.7. The number of nitrogens with zero attached hydrogens (tertiary/aromatic N) is 2. The minimum atomic E-state index is 0.481. The van der Waals surface area contributed by atoms with Crippen molar-refractivity contribution >= 4 is 11.3 Å². The number of hydrogen-bond donors (Lipinski definition) is 0. The molecule has 2 heterocycles. The van der Waals surface area contributed by atoms with Gasteiger partial charge in [0.2, 0.25) is 0 Å². The normalized spacial score (nSPS) is 27.5. The van der Waals surface area contributed by atoms with Gasteiger partial charge >= 0.3 is 0 Å². The van der Waals surface area contributed by atoms with Gasteiger partial charge in [-0.1, -0.05) is 47.6 Å². The number of fused-ring (bicyclic) bond motifs is 1. The molecule has 0 radical (unpaired) electrons. The molecule has 0 amide bonds. The Morgan fingerprint density at radius 3 is 2.17 bits per heavy atom. The van der Waals surface area contributed by atoms with Crippen molar-refractivity contribution < 1.29 is 0 Å². The van der Waals surface area contributed by atoms with Crippen molar-refractivity contribution in [3.05, 3.63) is 29.1 Å². The highest BCUT2D eigenvalue weighted by Gasteiger charge is 2.30. The molecule has 0 bridgehead atoms. The van der Waals surface area contributed by atoms with E-state index in [1.807, 2.05) is 0 Å². The number of allylic oxidation sites excluding steroid dienone is 2. The van der Waals surface area contributed by atoms with Gasteiger partial charge < -0.3 is 4.90 Å². The van der Waals surface area contributed by atoms with Crippen LogP contribution in [0.25, 0.3) is 5.57 Å². The molecule has 0 aliphatic carbocycles. The van der Waals surface area contributed by atoms with E-state index in [9.17, 15) is 0 Å². The van der Waals surface area contributed by atoms with Crippen molar-refractivity contribution in [2.75, 3.05) is 11.9 Å². The molecular formula is C21H34N2. The molecule has 0 saturated heterocycles. The van der Waals surface area contributed by atoms with Gasteiger partial charge in [-0.05, 0) is 48.7 Å². The smallest absolute Gasteiger partial charge is 0.0661 e. The molecule has 128 valence electrons. The standard InChI is InChI=1S/C21H34N2/c1-12(2)18-10-14(5)15(6)17(8)23(9)21-16(7)22-11-19(13(3)4)20(18)21/h10-15,17H,1-9H3/b18-10-/t14-,15-,17-/m1/s1. The van der Waals surface area contributed by atoms with Gasteiger partial charge in [0.1, 0.15) is 0 Å². The fourth-order valence-corrected chi connectivity index (χ4v) is 3.78. The second-order valence-electron chi connectivity index (χ2n) is 8.02. The molecule has 0 unspecified atom stereocenters. The minimum Gasteiger partial charge on any atom is -0.370 e. The minimum absolute atomic E-state index is 0.481. The van der Waals surface area contributed by atoms with Crippen molar-refractivity contribution in [1.29, 1.82) is 0 Å². The van der Waals surface area contributed by atoms with Crippen LogP contribution in [0, 0.1) is 24.7 Å². The Hall–Kier alpha value is -1.31. The molecule has 2 heteroatoms. The Bertz CT molecular complexity index is 598. The SMILES string of the molecule is Cc1ncc(C(C)C)c2c1N(C)[C@H](C)[C@H](C)[C@H](C)/C=C\2C(C)C. The largest absolute Gasteiger partial charge is 0.370 e. The summed E-state index contributed by atoms with van der Waals surface area (Å²) in [5.41, 5.74) is 6.80. The maximum Gasteiger partial charge on any atom is 0.0661 e. The molecule has 0 spiro atoms. The van der Waals surface area contributed by atoms with E-state index >= 15 is 0 Å². The second-order valence-corrected chi connectivity index (χ2v) is 8.02. The van der Waals surface area contributed by atoms with Gasteiger partial charge in [-0.3, -0.25) is 4.98 Å². The zero-order valence-corrected chi connectivity index (χ0v) is 16.4. The van der Waals surface area contributed by atoms with E-state index in [2.05, 4.69) is 79.6 Å². The summed E-state index contributed by atoms with van der Waals surface area (Å²) in [7, 11) is 2.24. The third-order valence-electron chi connectivity index (χ3n) is 5.79. The van der Waals surface area contributed by atoms with Gasteiger partial charge in [-0.2, -0.15) is 0 Å². The van der Waals surface area contributed by atoms with Gasteiger partial charge in [0.25, 0.3) is 0 Å². The first-order valence-corrected chi connectivity index (χ1v) is 9.11. The van der Waals surface area contributed by atoms with Gasteiger partial charge in [0, 0.05) is 24.8 Å². The summed E-state index contributed by atoms with van der Waals surface area (Å²) < 4.78 is 0. The van der Waals surface area contributed by atoms with E-state index in [1.54, 1.807) is 0 Å². The Balaban J connectivity index is 2.86. The van der Waals surface area contributed by atoms with Crippen LogP contribution in [0.3, 0.4) is 0 Å². The molecule has 3 atom stereocenters. The molecular weight excluding hydrogens is 280 g/mol. The fourth-order valence-electron chi connectivity index (χ4n) is 3.78. The summed E-state index contributed by atoms with van der Waals surface area (Å²) in [6, 6.07) is 0.497. The molecule has 23 heavy (non-hydrogen) atoms. The number of aryl methyl sites for hydroxylation is 1. The number of rotatable bonds is 2. The Labute approximate surface area is 143 Å². The van der Waals surface area contributed by atoms with Crippen LogP contribution in [0.4, 0.5) is 5.69 Å². The fraction of sp³-hybridized carbons (Fsp3) is 0.667. The first kappa shape index (κ1) is 18.0. The van der Waals surface area contributed by atoms with Crippen LogP contribution in [0.1, 0.15) is 71.2 Å². The Morgan fingerprint density at radius 1 is 1.04 bits per heavy atom. The van der Waals surface area contributed by atoms with E-state index in [0.717, 1.165) is 5.69 Å². The number of aromatic nitrogens is 1. The molecule has 0 N–H and O–H groups in total. The highest BCUT2D eigenvalue weighted by atomic mass is 15.1. The highest BCUT2D eigenvalue weighted by molar-refractivity contribution is 5.82. The van der Waals surface area contributed by atoms with Crippen molar-refractivity contribution in [2.45, 2.75) is 67.3 Å². The van der Waals surface area contributed by atoms with Gasteiger partial charge in [0.15, 0.2) is 0 Å². The average molecular weight is 315 g/mol. The Kier molecular flexibility index (Phi) is 5.23. The summed E-state index contributed by atoms with van der Waals surface area (Å²) >= 11 is 0. The van der Waals surface area contributed by atoms with Gasteiger partial charge in [-0.15, -0.1) is 0 Å². The molecule has 2 nitrogen and oxygen atoms in total. The number of hydrogen-bond acceptors (Lipinski definition) is 2. The predicted octanol–water partition coefficient (Wildman–Crippen LogP) is 5.66. The maximum absolute atomic E-state index is 4.74. The number of anilines is 1. The lowest BCUT2D eigenvalue weighted by Crippen LogP contribution is -2.39. The van der Waals surface area contributed by atoms with Crippen LogP contribution in [-0.2, 0) is 0 Å². The predicted molar refractivity (Wildman–Crippen MR) is 102 cm³/mol. The molecule has 0 aromatic carbocycles. The zero-order valence-electron chi connectivity index (χ0n) is 16.4. The maximum atomic E-state index is 4.74. The third kappa shape index (κ3) is 3.18. The van der Waals surface area contributed by atoms with Crippen LogP contribution in [0.5, 0.6) is 0 Å². The molecule has 0 saturated carbocycles. The van der Waals surface area contributed by atoms with Crippen molar-refractivity contribution in [3.63, 3.8) is 0 Å². The van der Waals surface area contributed by atoms with E-state index in [0.29, 0.717) is 29.7 Å². The van der Waals surface area contributed by atoms with Gasteiger partial charge in [-0.25, -0.2) is 0 Å². The lowest BCUT2D eigenvalue weighted by atomic mass is 9.79. The van der Waals surface area contributed by atoms with E-state index < -0.39 is 0 Å². The van der Waals surface area contributed by atoms with Crippen LogP contribution >= 0.6 is 0 Å². The van der Waals surface area contributed by atoms with Crippen LogP contribution in [-0.4, -0.2) is 18.1 Å². The summed E-state index contributed by atoms with van der Waals surface area (Å²) in [5, 5.41) is 0. The summed E-state index contributed by atoms with van der Waals surface area (Å²) in [4.78, 5) is 7.21. The van der Waals surface area contributed by atoms with E-state index in [1.165, 1.54) is 22.4 Å². The molecule has 1 aliphatic heterocycles. The lowest BCUT2D eigenvalue weighted by molar-refractivity contribution is 0.380.